The summed E-state index contributed by atoms with van der Waals surface area (Å²) in [6, 6.07) is 65.7. The average molecular weight is 700 g/mol. The lowest BCUT2D eigenvalue weighted by molar-refractivity contribution is 0.366. The van der Waals surface area contributed by atoms with Crippen LogP contribution in [0.2, 0.25) is 0 Å². The highest BCUT2D eigenvalue weighted by molar-refractivity contribution is 5.94. The fraction of sp³-hybridized carbons (Fsp3) is 0.208. The standard InChI is InChI=1S/C53H49N/c1-52(2)49-25-17-24-47(41-20-11-7-12-21-41)51(49)48-35-34-46(38-50(48)52)54(44-30-26-40(27-31-44)39-18-9-6-10-19-39)45-32-28-43(29-33-45)53(42-22-13-8-14-23-42)36-15-4-3-5-16-37-53/h6-14,17-35,38H,3-5,15-16,36-37H2,1-2H3. The smallest absolute Gasteiger partial charge is 0.0465 e. The summed E-state index contributed by atoms with van der Waals surface area (Å²) in [6.45, 7) is 4.78. The van der Waals surface area contributed by atoms with E-state index in [9.17, 15) is 0 Å². The van der Waals surface area contributed by atoms with Crippen molar-refractivity contribution in [1.82, 2.24) is 0 Å². The highest BCUT2D eigenvalue weighted by Crippen LogP contribution is 2.54. The monoisotopic (exact) mass is 699 g/mol. The van der Waals surface area contributed by atoms with Crippen molar-refractivity contribution < 1.29 is 0 Å². The van der Waals surface area contributed by atoms with Crippen molar-refractivity contribution in [3.8, 4) is 33.4 Å². The zero-order chi connectivity index (χ0) is 36.5. The number of hydrogen-bond donors (Lipinski definition) is 0. The molecule has 9 rings (SSSR count). The number of fused-ring (bicyclic) bond motifs is 3. The second-order valence-corrected chi connectivity index (χ2v) is 16.0. The zero-order valence-corrected chi connectivity index (χ0v) is 31.6. The second kappa shape index (κ2) is 14.3. The molecule has 7 aromatic rings. The maximum absolute atomic E-state index is 2.46. The minimum atomic E-state index is -0.140. The topological polar surface area (TPSA) is 3.24 Å². The van der Waals surface area contributed by atoms with Gasteiger partial charge in [-0.1, -0.05) is 185 Å². The predicted molar refractivity (Wildman–Crippen MR) is 229 cm³/mol. The molecule has 0 saturated heterocycles. The summed E-state index contributed by atoms with van der Waals surface area (Å²) in [5.74, 6) is 0. The first-order chi connectivity index (χ1) is 26.5. The summed E-state index contributed by atoms with van der Waals surface area (Å²) in [4.78, 5) is 2.46. The summed E-state index contributed by atoms with van der Waals surface area (Å²) in [6.07, 6.45) is 8.96. The van der Waals surface area contributed by atoms with Crippen LogP contribution in [-0.2, 0) is 10.8 Å². The molecule has 1 fully saturated rings. The Labute approximate surface area is 322 Å². The Hall–Kier alpha value is -5.66. The van der Waals surface area contributed by atoms with Crippen LogP contribution < -0.4 is 4.90 Å². The van der Waals surface area contributed by atoms with Crippen molar-refractivity contribution in [3.05, 3.63) is 198 Å². The first kappa shape index (κ1) is 34.1. The van der Waals surface area contributed by atoms with Crippen LogP contribution in [0.4, 0.5) is 17.1 Å². The van der Waals surface area contributed by atoms with E-state index in [0.717, 1.165) is 5.69 Å². The number of hydrogen-bond acceptors (Lipinski definition) is 1. The van der Waals surface area contributed by atoms with E-state index in [4.69, 9.17) is 0 Å². The molecule has 0 amide bonds. The van der Waals surface area contributed by atoms with E-state index in [2.05, 4.69) is 195 Å². The van der Waals surface area contributed by atoms with Crippen LogP contribution in [0.3, 0.4) is 0 Å². The molecule has 0 atom stereocenters. The lowest BCUT2D eigenvalue weighted by atomic mass is 9.67. The summed E-state index contributed by atoms with van der Waals surface area (Å²) in [5.41, 5.74) is 16.8. The average Bonchev–Trinajstić information content (AvgIpc) is 3.45. The van der Waals surface area contributed by atoms with Gasteiger partial charge in [-0.3, -0.25) is 0 Å². The first-order valence-corrected chi connectivity index (χ1v) is 20.0. The molecule has 7 aromatic carbocycles. The number of benzene rings is 7. The van der Waals surface area contributed by atoms with Crippen LogP contribution in [-0.4, -0.2) is 0 Å². The molecule has 0 spiro atoms. The lowest BCUT2D eigenvalue weighted by Gasteiger charge is -2.37. The zero-order valence-electron chi connectivity index (χ0n) is 31.6. The summed E-state index contributed by atoms with van der Waals surface area (Å²) >= 11 is 0. The van der Waals surface area contributed by atoms with E-state index in [-0.39, 0.29) is 10.8 Å². The van der Waals surface area contributed by atoms with E-state index < -0.39 is 0 Å². The molecule has 54 heavy (non-hydrogen) atoms. The van der Waals surface area contributed by atoms with Crippen LogP contribution in [0.15, 0.2) is 176 Å². The molecule has 0 heterocycles. The molecule has 1 nitrogen and oxygen atoms in total. The fourth-order valence-corrected chi connectivity index (χ4v) is 9.59. The van der Waals surface area contributed by atoms with Gasteiger partial charge in [-0.2, -0.15) is 0 Å². The third kappa shape index (κ3) is 6.06. The Bertz CT molecular complexity index is 2350. The van der Waals surface area contributed by atoms with Crippen LogP contribution in [0, 0.1) is 0 Å². The van der Waals surface area contributed by atoms with Gasteiger partial charge in [0.25, 0.3) is 0 Å². The maximum atomic E-state index is 2.46. The van der Waals surface area contributed by atoms with Gasteiger partial charge < -0.3 is 4.90 Å². The van der Waals surface area contributed by atoms with Crippen molar-refractivity contribution in [2.45, 2.75) is 69.6 Å². The minimum Gasteiger partial charge on any atom is -0.310 e. The number of nitrogens with zero attached hydrogens (tertiary/aromatic N) is 1. The molecular formula is C53H49N. The van der Waals surface area contributed by atoms with Crippen molar-refractivity contribution in [2.75, 3.05) is 4.90 Å². The molecule has 0 aromatic heterocycles. The van der Waals surface area contributed by atoms with Crippen molar-refractivity contribution in [1.29, 1.82) is 0 Å². The Morgan fingerprint density at radius 1 is 0.389 bits per heavy atom. The van der Waals surface area contributed by atoms with Gasteiger partial charge >= 0.3 is 0 Å². The van der Waals surface area contributed by atoms with Gasteiger partial charge in [-0.05, 0) is 105 Å². The van der Waals surface area contributed by atoms with Gasteiger partial charge in [0.1, 0.15) is 0 Å². The molecule has 2 aliphatic rings. The van der Waals surface area contributed by atoms with Gasteiger partial charge in [-0.25, -0.2) is 0 Å². The van der Waals surface area contributed by atoms with Gasteiger partial charge in [0, 0.05) is 27.9 Å². The van der Waals surface area contributed by atoms with E-state index in [0.29, 0.717) is 0 Å². The first-order valence-electron chi connectivity index (χ1n) is 20.0. The number of rotatable bonds is 7. The van der Waals surface area contributed by atoms with E-state index in [1.54, 1.807) is 0 Å². The molecule has 0 radical (unpaired) electrons. The largest absolute Gasteiger partial charge is 0.310 e. The third-order valence-electron chi connectivity index (χ3n) is 12.5. The second-order valence-electron chi connectivity index (χ2n) is 16.0. The van der Waals surface area contributed by atoms with E-state index in [1.165, 1.54) is 112 Å². The Morgan fingerprint density at radius 3 is 1.56 bits per heavy atom. The highest BCUT2D eigenvalue weighted by atomic mass is 15.1. The third-order valence-corrected chi connectivity index (χ3v) is 12.5. The molecule has 0 bridgehead atoms. The van der Waals surface area contributed by atoms with Crippen LogP contribution in [0.5, 0.6) is 0 Å². The molecule has 2 aliphatic carbocycles. The normalized spacial score (nSPS) is 15.7. The Morgan fingerprint density at radius 2 is 0.907 bits per heavy atom. The van der Waals surface area contributed by atoms with Crippen molar-refractivity contribution >= 4 is 17.1 Å². The van der Waals surface area contributed by atoms with Gasteiger partial charge in [-0.15, -0.1) is 0 Å². The summed E-state index contributed by atoms with van der Waals surface area (Å²) in [5, 5.41) is 0. The minimum absolute atomic E-state index is 0.0439. The Balaban J connectivity index is 1.16. The van der Waals surface area contributed by atoms with Crippen LogP contribution in [0.25, 0.3) is 33.4 Å². The van der Waals surface area contributed by atoms with E-state index in [1.807, 2.05) is 0 Å². The quantitative estimate of drug-likeness (QED) is 0.160. The fourth-order valence-electron chi connectivity index (χ4n) is 9.59. The van der Waals surface area contributed by atoms with Crippen LogP contribution in [0.1, 0.15) is 81.0 Å². The Kier molecular flexibility index (Phi) is 9.03. The summed E-state index contributed by atoms with van der Waals surface area (Å²) in [7, 11) is 0. The lowest BCUT2D eigenvalue weighted by Crippen LogP contribution is -2.29. The van der Waals surface area contributed by atoms with Crippen LogP contribution >= 0.6 is 0 Å². The highest BCUT2D eigenvalue weighted by Gasteiger charge is 2.38. The SMILES string of the molecule is CC1(C)c2cc(N(c3ccc(-c4ccccc4)cc3)c3ccc(C4(c5ccccc5)CCCCCCC4)cc3)ccc2-c2c(-c3ccccc3)cccc21. The van der Waals surface area contributed by atoms with Gasteiger partial charge in [0.2, 0.25) is 0 Å². The van der Waals surface area contributed by atoms with Gasteiger partial charge in [0.15, 0.2) is 0 Å². The van der Waals surface area contributed by atoms with Gasteiger partial charge in [0.05, 0.1) is 0 Å². The van der Waals surface area contributed by atoms with Crippen molar-refractivity contribution in [2.24, 2.45) is 0 Å². The van der Waals surface area contributed by atoms with E-state index >= 15 is 0 Å². The molecule has 0 aliphatic heterocycles. The summed E-state index contributed by atoms with van der Waals surface area (Å²) < 4.78 is 0. The molecule has 0 N–H and O–H groups in total. The van der Waals surface area contributed by atoms with Crippen molar-refractivity contribution in [3.63, 3.8) is 0 Å². The maximum Gasteiger partial charge on any atom is 0.0465 e. The molecule has 1 heteroatoms. The molecule has 266 valence electrons. The molecule has 0 unspecified atom stereocenters. The predicted octanol–water partition coefficient (Wildman–Crippen LogP) is 14.8. The molecule has 1 saturated carbocycles. The molecular weight excluding hydrogens is 651 g/mol. The number of anilines is 3.